The lowest BCUT2D eigenvalue weighted by atomic mass is 9.71. The van der Waals surface area contributed by atoms with Crippen LogP contribution < -0.4 is 0 Å². The molecule has 2 nitrogen and oxygen atoms in total. The van der Waals surface area contributed by atoms with E-state index in [0.717, 1.165) is 43.1 Å². The van der Waals surface area contributed by atoms with Crippen LogP contribution in [0.15, 0.2) is 11.1 Å². The molecule has 1 atom stereocenters. The molecular weight excluding hydrogens is 164 g/mol. The lowest BCUT2D eigenvalue weighted by molar-refractivity contribution is -0.127. The molecule has 0 aromatic rings. The third kappa shape index (κ3) is 1.08. The van der Waals surface area contributed by atoms with Crippen molar-refractivity contribution in [1.82, 2.24) is 0 Å². The molecule has 0 spiro atoms. The van der Waals surface area contributed by atoms with Crippen molar-refractivity contribution in [1.29, 1.82) is 0 Å². The normalized spacial score (nSPS) is 33.5. The SMILES string of the molecule is C[C@@]12CCC(C=O)=C1CCCC2=O. The molecule has 0 radical (unpaired) electrons. The minimum Gasteiger partial charge on any atom is -0.299 e. The van der Waals surface area contributed by atoms with Crippen molar-refractivity contribution in [2.75, 3.05) is 0 Å². The molecular formula is C11H14O2. The first-order chi connectivity index (χ1) is 6.18. The van der Waals surface area contributed by atoms with E-state index in [4.69, 9.17) is 0 Å². The fourth-order valence-corrected chi connectivity index (χ4v) is 2.62. The summed E-state index contributed by atoms with van der Waals surface area (Å²) in [5.74, 6) is 0.339. The van der Waals surface area contributed by atoms with Gasteiger partial charge < -0.3 is 0 Å². The van der Waals surface area contributed by atoms with Crippen LogP contribution in [-0.4, -0.2) is 12.1 Å². The van der Waals surface area contributed by atoms with Crippen LogP contribution in [0.5, 0.6) is 0 Å². The summed E-state index contributed by atoms with van der Waals surface area (Å²) in [6.45, 7) is 2.00. The van der Waals surface area contributed by atoms with Gasteiger partial charge in [-0.2, -0.15) is 0 Å². The van der Waals surface area contributed by atoms with E-state index in [2.05, 4.69) is 0 Å². The molecule has 0 saturated heterocycles. The van der Waals surface area contributed by atoms with E-state index in [-0.39, 0.29) is 5.41 Å². The Hall–Kier alpha value is -0.920. The second kappa shape index (κ2) is 2.79. The first kappa shape index (κ1) is 8.67. The minimum atomic E-state index is -0.269. The van der Waals surface area contributed by atoms with Crippen LogP contribution in [-0.2, 0) is 9.59 Å². The quantitative estimate of drug-likeness (QED) is 0.576. The number of rotatable bonds is 1. The van der Waals surface area contributed by atoms with E-state index < -0.39 is 0 Å². The van der Waals surface area contributed by atoms with Gasteiger partial charge in [-0.05, 0) is 38.2 Å². The first-order valence-electron chi connectivity index (χ1n) is 4.89. The van der Waals surface area contributed by atoms with E-state index in [9.17, 15) is 9.59 Å². The van der Waals surface area contributed by atoms with Gasteiger partial charge in [0, 0.05) is 11.8 Å². The van der Waals surface area contributed by atoms with E-state index in [1.807, 2.05) is 6.92 Å². The molecule has 1 saturated carbocycles. The lowest BCUT2D eigenvalue weighted by Gasteiger charge is -2.30. The second-order valence-electron chi connectivity index (χ2n) is 4.23. The van der Waals surface area contributed by atoms with Crippen molar-refractivity contribution in [3.8, 4) is 0 Å². The molecule has 70 valence electrons. The average Bonchev–Trinajstić information content (AvgIpc) is 2.45. The maximum atomic E-state index is 11.7. The van der Waals surface area contributed by atoms with Gasteiger partial charge in [0.1, 0.15) is 12.1 Å². The van der Waals surface area contributed by atoms with Gasteiger partial charge >= 0.3 is 0 Å². The highest BCUT2D eigenvalue weighted by atomic mass is 16.1. The van der Waals surface area contributed by atoms with Crippen LogP contribution in [0.4, 0.5) is 0 Å². The van der Waals surface area contributed by atoms with Gasteiger partial charge in [-0.15, -0.1) is 0 Å². The number of hydrogen-bond acceptors (Lipinski definition) is 2. The molecule has 13 heavy (non-hydrogen) atoms. The number of allylic oxidation sites excluding steroid dienone is 2. The van der Waals surface area contributed by atoms with Crippen molar-refractivity contribution in [3.05, 3.63) is 11.1 Å². The smallest absolute Gasteiger partial charge is 0.146 e. The Morgan fingerprint density at radius 1 is 1.31 bits per heavy atom. The summed E-state index contributed by atoms with van der Waals surface area (Å²) in [5.41, 5.74) is 1.77. The van der Waals surface area contributed by atoms with Crippen molar-refractivity contribution >= 4 is 12.1 Å². The van der Waals surface area contributed by atoms with Gasteiger partial charge in [0.2, 0.25) is 0 Å². The Balaban J connectivity index is 2.44. The molecule has 0 unspecified atom stereocenters. The predicted molar refractivity (Wildman–Crippen MR) is 49.3 cm³/mol. The predicted octanol–water partition coefficient (Wildman–Crippen LogP) is 2.04. The molecule has 0 amide bonds. The number of Topliss-reactive ketones (excluding diaryl/α,β-unsaturated/α-hetero) is 1. The van der Waals surface area contributed by atoms with Crippen molar-refractivity contribution < 1.29 is 9.59 Å². The molecule has 1 fully saturated rings. The van der Waals surface area contributed by atoms with Crippen molar-refractivity contribution in [3.63, 3.8) is 0 Å². The van der Waals surface area contributed by atoms with Gasteiger partial charge in [-0.3, -0.25) is 9.59 Å². The van der Waals surface area contributed by atoms with E-state index >= 15 is 0 Å². The first-order valence-corrected chi connectivity index (χ1v) is 4.89. The summed E-state index contributed by atoms with van der Waals surface area (Å²) in [6.07, 6.45) is 5.19. The summed E-state index contributed by atoms with van der Waals surface area (Å²) >= 11 is 0. The van der Waals surface area contributed by atoms with Gasteiger partial charge in [0.05, 0.1) is 0 Å². The molecule has 2 heteroatoms. The fraction of sp³-hybridized carbons (Fsp3) is 0.636. The minimum absolute atomic E-state index is 0.269. The van der Waals surface area contributed by atoms with Gasteiger partial charge in [-0.1, -0.05) is 5.57 Å². The van der Waals surface area contributed by atoms with Crippen LogP contribution >= 0.6 is 0 Å². The standard InChI is InChI=1S/C11H14O2/c1-11-6-5-8(7-12)9(11)3-2-4-10(11)13/h7H,2-6H2,1H3/t11-/m1/s1. The number of carbonyl (C=O) groups excluding carboxylic acids is 2. The number of hydrogen-bond donors (Lipinski definition) is 0. The van der Waals surface area contributed by atoms with Crippen molar-refractivity contribution in [2.45, 2.75) is 39.0 Å². The fourth-order valence-electron chi connectivity index (χ4n) is 2.62. The van der Waals surface area contributed by atoms with E-state index in [1.54, 1.807) is 0 Å². The summed E-state index contributed by atoms with van der Waals surface area (Å²) in [5, 5.41) is 0. The van der Waals surface area contributed by atoms with Gasteiger partial charge in [0.15, 0.2) is 0 Å². The van der Waals surface area contributed by atoms with E-state index in [0.29, 0.717) is 12.2 Å². The highest BCUT2D eigenvalue weighted by Crippen LogP contribution is 2.48. The lowest BCUT2D eigenvalue weighted by Crippen LogP contribution is -2.31. The van der Waals surface area contributed by atoms with Crippen LogP contribution in [0.3, 0.4) is 0 Å². The van der Waals surface area contributed by atoms with Gasteiger partial charge in [-0.25, -0.2) is 0 Å². The summed E-state index contributed by atoms with van der Waals surface area (Å²) in [4.78, 5) is 22.5. The summed E-state index contributed by atoms with van der Waals surface area (Å²) in [7, 11) is 0. The molecule has 0 bridgehead atoms. The van der Waals surface area contributed by atoms with Crippen LogP contribution in [0.2, 0.25) is 0 Å². The maximum absolute atomic E-state index is 11.7. The number of ketones is 1. The highest BCUT2D eigenvalue weighted by molar-refractivity contribution is 5.92. The summed E-state index contributed by atoms with van der Waals surface area (Å²) < 4.78 is 0. The number of fused-ring (bicyclic) bond motifs is 1. The summed E-state index contributed by atoms with van der Waals surface area (Å²) in [6, 6.07) is 0. The number of aldehydes is 1. The van der Waals surface area contributed by atoms with Crippen LogP contribution in [0.1, 0.15) is 39.0 Å². The van der Waals surface area contributed by atoms with Gasteiger partial charge in [0.25, 0.3) is 0 Å². The molecule has 0 aromatic carbocycles. The van der Waals surface area contributed by atoms with Crippen LogP contribution in [0.25, 0.3) is 0 Å². The average molecular weight is 178 g/mol. The molecule has 2 rings (SSSR count). The molecule has 0 aromatic heterocycles. The zero-order valence-corrected chi connectivity index (χ0v) is 7.93. The molecule has 0 heterocycles. The Bertz CT molecular complexity index is 301. The van der Waals surface area contributed by atoms with Crippen LogP contribution in [0, 0.1) is 5.41 Å². The Morgan fingerprint density at radius 3 is 2.77 bits per heavy atom. The molecule has 0 N–H and O–H groups in total. The zero-order chi connectivity index (χ0) is 9.47. The zero-order valence-electron chi connectivity index (χ0n) is 7.93. The topological polar surface area (TPSA) is 34.1 Å². The van der Waals surface area contributed by atoms with E-state index in [1.165, 1.54) is 0 Å². The second-order valence-corrected chi connectivity index (χ2v) is 4.23. The largest absolute Gasteiger partial charge is 0.299 e. The molecule has 0 aliphatic heterocycles. The molecule has 2 aliphatic carbocycles. The molecule has 2 aliphatic rings. The monoisotopic (exact) mass is 178 g/mol. The Morgan fingerprint density at radius 2 is 2.08 bits per heavy atom. The third-order valence-electron chi connectivity index (χ3n) is 3.54. The maximum Gasteiger partial charge on any atom is 0.146 e. The Labute approximate surface area is 78.0 Å². The Kier molecular flexibility index (Phi) is 1.86. The third-order valence-corrected chi connectivity index (χ3v) is 3.54. The number of carbonyl (C=O) groups is 2. The van der Waals surface area contributed by atoms with Crippen molar-refractivity contribution in [2.24, 2.45) is 5.41 Å². The highest BCUT2D eigenvalue weighted by Gasteiger charge is 2.43.